The average molecular weight is 365 g/mol. The van der Waals surface area contributed by atoms with Crippen LogP contribution in [-0.4, -0.2) is 15.0 Å². The van der Waals surface area contributed by atoms with Gasteiger partial charge < -0.3 is 5.32 Å². The molecule has 128 valence electrons. The zero-order valence-electron chi connectivity index (χ0n) is 13.6. The molecule has 4 rings (SSSR count). The number of hydrogen-bond donors (Lipinski definition) is 1. The highest BCUT2D eigenvalue weighted by atomic mass is 35.5. The van der Waals surface area contributed by atoms with Gasteiger partial charge in [0, 0.05) is 16.6 Å². The van der Waals surface area contributed by atoms with Crippen LogP contribution in [0.25, 0.3) is 10.9 Å². The second kappa shape index (κ2) is 7.06. The standard InChI is InChI=1S/C20H14ClFN4/c21-14-5-3-4-13(10-14)19(18-6-1-2-9-23-18)26-20-16-11-15(22)7-8-17(16)24-12-25-20/h1-12,19H,(H,24,25,26). The van der Waals surface area contributed by atoms with E-state index in [2.05, 4.69) is 20.3 Å². The van der Waals surface area contributed by atoms with Crippen molar-refractivity contribution < 1.29 is 4.39 Å². The number of hydrogen-bond acceptors (Lipinski definition) is 4. The van der Waals surface area contributed by atoms with E-state index in [0.717, 1.165) is 11.3 Å². The van der Waals surface area contributed by atoms with Crippen LogP contribution in [0.15, 0.2) is 73.2 Å². The Balaban J connectivity index is 1.82. The smallest absolute Gasteiger partial charge is 0.138 e. The molecule has 4 aromatic rings. The average Bonchev–Trinajstić information content (AvgIpc) is 2.67. The lowest BCUT2D eigenvalue weighted by molar-refractivity contribution is 0.629. The molecule has 0 spiro atoms. The van der Waals surface area contributed by atoms with Crippen molar-refractivity contribution in [2.24, 2.45) is 0 Å². The monoisotopic (exact) mass is 364 g/mol. The summed E-state index contributed by atoms with van der Waals surface area (Å²) >= 11 is 6.17. The van der Waals surface area contributed by atoms with Crippen LogP contribution in [-0.2, 0) is 0 Å². The highest BCUT2D eigenvalue weighted by molar-refractivity contribution is 6.30. The maximum atomic E-state index is 13.7. The molecule has 26 heavy (non-hydrogen) atoms. The minimum absolute atomic E-state index is 0.295. The van der Waals surface area contributed by atoms with E-state index in [1.165, 1.54) is 18.5 Å². The molecule has 2 aromatic carbocycles. The second-order valence-corrected chi connectivity index (χ2v) is 6.21. The Bertz CT molecular complexity index is 1060. The summed E-state index contributed by atoms with van der Waals surface area (Å²) in [6.45, 7) is 0. The number of benzene rings is 2. The fourth-order valence-corrected chi connectivity index (χ4v) is 3.04. The van der Waals surface area contributed by atoms with Gasteiger partial charge in [-0.15, -0.1) is 0 Å². The quantitative estimate of drug-likeness (QED) is 0.552. The van der Waals surface area contributed by atoms with Crippen LogP contribution >= 0.6 is 11.6 Å². The molecule has 0 aliphatic rings. The Morgan fingerprint density at radius 3 is 2.65 bits per heavy atom. The van der Waals surface area contributed by atoms with E-state index in [4.69, 9.17) is 11.6 Å². The number of anilines is 1. The molecule has 0 aliphatic heterocycles. The summed E-state index contributed by atoms with van der Waals surface area (Å²) in [5.41, 5.74) is 2.40. The minimum Gasteiger partial charge on any atom is -0.357 e. The van der Waals surface area contributed by atoms with Crippen molar-refractivity contribution >= 4 is 28.3 Å². The molecule has 0 aliphatic carbocycles. The van der Waals surface area contributed by atoms with Crippen LogP contribution < -0.4 is 5.32 Å². The molecule has 2 heterocycles. The molecule has 0 saturated carbocycles. The van der Waals surface area contributed by atoms with Crippen LogP contribution in [0.1, 0.15) is 17.3 Å². The first-order valence-electron chi connectivity index (χ1n) is 8.04. The third-order valence-electron chi connectivity index (χ3n) is 4.04. The molecule has 0 amide bonds. The first-order valence-corrected chi connectivity index (χ1v) is 8.42. The van der Waals surface area contributed by atoms with Gasteiger partial charge >= 0.3 is 0 Å². The third-order valence-corrected chi connectivity index (χ3v) is 4.28. The van der Waals surface area contributed by atoms with Gasteiger partial charge in [-0.3, -0.25) is 4.98 Å². The van der Waals surface area contributed by atoms with E-state index >= 15 is 0 Å². The second-order valence-electron chi connectivity index (χ2n) is 5.77. The number of aromatic nitrogens is 3. The molecule has 0 radical (unpaired) electrons. The van der Waals surface area contributed by atoms with E-state index in [1.54, 1.807) is 12.3 Å². The van der Waals surface area contributed by atoms with Crippen molar-refractivity contribution in [2.45, 2.75) is 6.04 Å². The number of nitrogens with one attached hydrogen (secondary N) is 1. The largest absolute Gasteiger partial charge is 0.357 e. The van der Waals surface area contributed by atoms with E-state index in [9.17, 15) is 4.39 Å². The Hall–Kier alpha value is -3.05. The first kappa shape index (κ1) is 16.4. The van der Waals surface area contributed by atoms with Gasteiger partial charge in [0.15, 0.2) is 0 Å². The molecule has 6 heteroatoms. The zero-order chi connectivity index (χ0) is 17.9. The molecular weight excluding hydrogens is 351 g/mol. The predicted octanol–water partition coefficient (Wildman–Crippen LogP) is 5.02. The molecule has 4 nitrogen and oxygen atoms in total. The van der Waals surface area contributed by atoms with Crippen LogP contribution in [0.3, 0.4) is 0 Å². The highest BCUT2D eigenvalue weighted by Gasteiger charge is 2.18. The molecule has 0 saturated heterocycles. The molecular formula is C20H14ClFN4. The Kier molecular flexibility index (Phi) is 4.46. The van der Waals surface area contributed by atoms with Gasteiger partial charge in [0.2, 0.25) is 0 Å². The Morgan fingerprint density at radius 2 is 1.85 bits per heavy atom. The van der Waals surface area contributed by atoms with Gasteiger partial charge in [-0.2, -0.15) is 0 Å². The third kappa shape index (κ3) is 3.34. The van der Waals surface area contributed by atoms with Crippen molar-refractivity contribution in [2.75, 3.05) is 5.32 Å². The number of nitrogens with zero attached hydrogens (tertiary/aromatic N) is 3. The normalized spacial score (nSPS) is 12.1. The number of rotatable bonds is 4. The van der Waals surface area contributed by atoms with Gasteiger partial charge in [-0.1, -0.05) is 29.8 Å². The van der Waals surface area contributed by atoms with Gasteiger partial charge in [0.05, 0.1) is 17.3 Å². The van der Waals surface area contributed by atoms with E-state index in [0.29, 0.717) is 21.7 Å². The molecule has 1 unspecified atom stereocenters. The van der Waals surface area contributed by atoms with Gasteiger partial charge in [-0.05, 0) is 48.0 Å². The Morgan fingerprint density at radius 1 is 0.923 bits per heavy atom. The van der Waals surface area contributed by atoms with Crippen LogP contribution in [0.5, 0.6) is 0 Å². The first-order chi connectivity index (χ1) is 12.7. The van der Waals surface area contributed by atoms with Gasteiger partial charge in [-0.25, -0.2) is 14.4 Å². The predicted molar refractivity (Wildman–Crippen MR) is 101 cm³/mol. The fraction of sp³-hybridized carbons (Fsp3) is 0.0500. The van der Waals surface area contributed by atoms with E-state index in [1.807, 2.05) is 42.5 Å². The summed E-state index contributed by atoms with van der Waals surface area (Å²) in [6, 6.07) is 17.4. The maximum Gasteiger partial charge on any atom is 0.138 e. The van der Waals surface area contributed by atoms with Gasteiger partial charge in [0.25, 0.3) is 0 Å². The summed E-state index contributed by atoms with van der Waals surface area (Å²) in [5, 5.41) is 4.61. The van der Waals surface area contributed by atoms with Crippen LogP contribution in [0.2, 0.25) is 5.02 Å². The highest BCUT2D eigenvalue weighted by Crippen LogP contribution is 2.29. The zero-order valence-corrected chi connectivity index (χ0v) is 14.4. The molecule has 0 bridgehead atoms. The lowest BCUT2D eigenvalue weighted by atomic mass is 10.0. The van der Waals surface area contributed by atoms with E-state index < -0.39 is 0 Å². The fourth-order valence-electron chi connectivity index (χ4n) is 2.84. The summed E-state index contributed by atoms with van der Waals surface area (Å²) in [4.78, 5) is 13.0. The Labute approximate surface area is 154 Å². The lowest BCUT2D eigenvalue weighted by Crippen LogP contribution is -2.15. The summed E-state index contributed by atoms with van der Waals surface area (Å²) in [5.74, 6) is 0.192. The van der Waals surface area contributed by atoms with Crippen LogP contribution in [0.4, 0.5) is 10.2 Å². The van der Waals surface area contributed by atoms with Crippen molar-refractivity contribution in [1.82, 2.24) is 15.0 Å². The topological polar surface area (TPSA) is 50.7 Å². The van der Waals surface area contributed by atoms with Crippen molar-refractivity contribution in [3.05, 3.63) is 95.3 Å². The summed E-state index contributed by atoms with van der Waals surface area (Å²) in [7, 11) is 0. The molecule has 1 N–H and O–H groups in total. The number of halogens is 2. The summed E-state index contributed by atoms with van der Waals surface area (Å²) in [6.07, 6.45) is 3.18. The van der Waals surface area contributed by atoms with Crippen molar-refractivity contribution in [3.8, 4) is 0 Å². The minimum atomic E-state index is -0.340. The number of fused-ring (bicyclic) bond motifs is 1. The van der Waals surface area contributed by atoms with Crippen molar-refractivity contribution in [1.29, 1.82) is 0 Å². The summed E-state index contributed by atoms with van der Waals surface area (Å²) < 4.78 is 13.7. The lowest BCUT2D eigenvalue weighted by Gasteiger charge is -2.20. The maximum absolute atomic E-state index is 13.7. The SMILES string of the molecule is Fc1ccc2ncnc(NC(c3cccc(Cl)c3)c3ccccn3)c2c1. The van der Waals surface area contributed by atoms with E-state index in [-0.39, 0.29) is 11.9 Å². The molecule has 1 atom stereocenters. The number of pyridine rings is 1. The van der Waals surface area contributed by atoms with Crippen molar-refractivity contribution in [3.63, 3.8) is 0 Å². The van der Waals surface area contributed by atoms with Gasteiger partial charge in [0.1, 0.15) is 18.0 Å². The molecule has 2 aromatic heterocycles. The van der Waals surface area contributed by atoms with Crippen LogP contribution in [0, 0.1) is 5.82 Å². The molecule has 0 fully saturated rings.